The van der Waals surface area contributed by atoms with E-state index in [2.05, 4.69) is 20.4 Å². The van der Waals surface area contributed by atoms with Crippen molar-refractivity contribution in [2.75, 3.05) is 26.8 Å². The number of nitrogens with one attached hydrogen (secondary N) is 2. The molecule has 6 nitrogen and oxygen atoms in total. The molecule has 0 unspecified atom stereocenters. The van der Waals surface area contributed by atoms with Gasteiger partial charge in [-0.05, 0) is 32.4 Å². The number of benzene rings is 1. The van der Waals surface area contributed by atoms with E-state index in [1.165, 1.54) is 7.11 Å². The summed E-state index contributed by atoms with van der Waals surface area (Å²) in [5.41, 5.74) is 2.19. The Morgan fingerprint density at radius 3 is 2.62 bits per heavy atom. The monoisotopic (exact) mass is 449 g/mol. The van der Waals surface area contributed by atoms with E-state index in [0.29, 0.717) is 32.1 Å². The lowest BCUT2D eigenvalue weighted by atomic mass is 10.1. The SMILES string of the molecule is CCNC(=NCc1ccc(C)cc1OCC)NCCC(=O)OC.I. The van der Waals surface area contributed by atoms with Crippen molar-refractivity contribution < 1.29 is 14.3 Å². The average molecular weight is 449 g/mol. The van der Waals surface area contributed by atoms with Crippen molar-refractivity contribution in [1.82, 2.24) is 10.6 Å². The van der Waals surface area contributed by atoms with Gasteiger partial charge in [-0.15, -0.1) is 24.0 Å². The number of carbonyl (C=O) groups is 1. The average Bonchev–Trinajstić information content (AvgIpc) is 2.54. The number of aryl methyl sites for hydroxylation is 1. The number of esters is 1. The number of aliphatic imine (C=N–C) groups is 1. The lowest BCUT2D eigenvalue weighted by Gasteiger charge is -2.12. The van der Waals surface area contributed by atoms with Crippen LogP contribution in [0.15, 0.2) is 23.2 Å². The first kappa shape index (κ1) is 22.5. The zero-order chi connectivity index (χ0) is 17.1. The predicted octanol–water partition coefficient (Wildman–Crippen LogP) is 2.63. The number of hydrogen-bond acceptors (Lipinski definition) is 4. The minimum absolute atomic E-state index is 0. The molecule has 0 bridgehead atoms. The molecule has 0 aliphatic carbocycles. The number of carbonyl (C=O) groups excluding carboxylic acids is 1. The second kappa shape index (κ2) is 12.9. The van der Waals surface area contributed by atoms with Crippen LogP contribution < -0.4 is 15.4 Å². The quantitative estimate of drug-likeness (QED) is 0.276. The van der Waals surface area contributed by atoms with Gasteiger partial charge in [-0.25, -0.2) is 4.99 Å². The highest BCUT2D eigenvalue weighted by Crippen LogP contribution is 2.21. The number of rotatable bonds is 8. The molecule has 0 spiro atoms. The molecule has 1 rings (SSSR count). The van der Waals surface area contributed by atoms with Gasteiger partial charge in [0.25, 0.3) is 0 Å². The smallest absolute Gasteiger partial charge is 0.307 e. The molecule has 0 heterocycles. The summed E-state index contributed by atoms with van der Waals surface area (Å²) in [6, 6.07) is 6.10. The van der Waals surface area contributed by atoms with Crippen molar-refractivity contribution in [3.63, 3.8) is 0 Å². The Hall–Kier alpha value is -1.51. The zero-order valence-electron chi connectivity index (χ0n) is 14.8. The molecule has 136 valence electrons. The Morgan fingerprint density at radius 2 is 2.00 bits per heavy atom. The number of nitrogens with zero attached hydrogens (tertiary/aromatic N) is 1. The number of guanidine groups is 1. The van der Waals surface area contributed by atoms with Crippen LogP contribution in [-0.4, -0.2) is 38.7 Å². The van der Waals surface area contributed by atoms with E-state index in [1.807, 2.05) is 39.0 Å². The van der Waals surface area contributed by atoms with Gasteiger partial charge in [0, 0.05) is 18.7 Å². The molecule has 1 aromatic carbocycles. The largest absolute Gasteiger partial charge is 0.494 e. The maximum Gasteiger partial charge on any atom is 0.307 e. The molecule has 0 amide bonds. The molecule has 0 radical (unpaired) electrons. The summed E-state index contributed by atoms with van der Waals surface area (Å²) in [5.74, 6) is 1.28. The standard InChI is InChI=1S/C17H27N3O3.HI/c1-5-18-17(19-10-9-16(21)22-4)20-12-14-8-7-13(3)11-15(14)23-6-2;/h7-8,11H,5-6,9-10,12H2,1-4H3,(H2,18,19,20);1H. The van der Waals surface area contributed by atoms with Crippen molar-refractivity contribution >= 4 is 35.9 Å². The van der Waals surface area contributed by atoms with Gasteiger partial charge in [-0.1, -0.05) is 12.1 Å². The molecule has 0 aliphatic heterocycles. The summed E-state index contributed by atoms with van der Waals surface area (Å²) < 4.78 is 10.3. The van der Waals surface area contributed by atoms with Gasteiger partial charge in [-0.3, -0.25) is 4.79 Å². The summed E-state index contributed by atoms with van der Waals surface area (Å²) in [4.78, 5) is 15.7. The normalized spacial score (nSPS) is 10.6. The molecular weight excluding hydrogens is 421 g/mol. The summed E-state index contributed by atoms with van der Waals surface area (Å²) in [7, 11) is 1.38. The van der Waals surface area contributed by atoms with Gasteiger partial charge in [0.05, 0.1) is 26.7 Å². The van der Waals surface area contributed by atoms with Crippen LogP contribution in [-0.2, 0) is 16.1 Å². The second-order valence-corrected chi connectivity index (χ2v) is 4.99. The third-order valence-electron chi connectivity index (χ3n) is 3.12. The summed E-state index contributed by atoms with van der Waals surface area (Å²) in [6.07, 6.45) is 0.301. The van der Waals surface area contributed by atoms with Crippen LogP contribution in [0.3, 0.4) is 0 Å². The van der Waals surface area contributed by atoms with Crippen molar-refractivity contribution in [1.29, 1.82) is 0 Å². The minimum atomic E-state index is -0.245. The predicted molar refractivity (Wildman–Crippen MR) is 107 cm³/mol. The first-order chi connectivity index (χ1) is 11.1. The Morgan fingerprint density at radius 1 is 1.25 bits per heavy atom. The molecule has 0 fully saturated rings. The Labute approximate surface area is 161 Å². The van der Waals surface area contributed by atoms with Crippen LogP contribution in [0, 0.1) is 6.92 Å². The number of halogens is 1. The number of ether oxygens (including phenoxy) is 2. The molecule has 1 aromatic rings. The summed E-state index contributed by atoms with van der Waals surface area (Å²) >= 11 is 0. The van der Waals surface area contributed by atoms with E-state index in [0.717, 1.165) is 23.4 Å². The molecule has 24 heavy (non-hydrogen) atoms. The lowest BCUT2D eigenvalue weighted by Crippen LogP contribution is -2.38. The second-order valence-electron chi connectivity index (χ2n) is 4.99. The van der Waals surface area contributed by atoms with Crippen LogP contribution in [0.5, 0.6) is 5.75 Å². The molecule has 0 atom stereocenters. The molecule has 0 aromatic heterocycles. The fourth-order valence-electron chi connectivity index (χ4n) is 1.97. The van der Waals surface area contributed by atoms with Crippen LogP contribution in [0.1, 0.15) is 31.4 Å². The van der Waals surface area contributed by atoms with Gasteiger partial charge >= 0.3 is 5.97 Å². The molecule has 2 N–H and O–H groups in total. The van der Waals surface area contributed by atoms with Crippen LogP contribution >= 0.6 is 24.0 Å². The van der Waals surface area contributed by atoms with E-state index in [9.17, 15) is 4.79 Å². The van der Waals surface area contributed by atoms with E-state index in [-0.39, 0.29) is 29.9 Å². The fraction of sp³-hybridized carbons (Fsp3) is 0.529. The molecule has 0 saturated heterocycles. The Kier molecular flexibility index (Phi) is 12.0. The highest BCUT2D eigenvalue weighted by molar-refractivity contribution is 14.0. The topological polar surface area (TPSA) is 72.0 Å². The molecule has 7 heteroatoms. The van der Waals surface area contributed by atoms with Gasteiger partial charge in [0.15, 0.2) is 5.96 Å². The van der Waals surface area contributed by atoms with Gasteiger partial charge in [-0.2, -0.15) is 0 Å². The lowest BCUT2D eigenvalue weighted by molar-refractivity contribution is -0.140. The summed E-state index contributed by atoms with van der Waals surface area (Å²) in [5, 5.41) is 6.27. The first-order valence-electron chi connectivity index (χ1n) is 7.92. The Balaban J connectivity index is 0.00000529. The highest BCUT2D eigenvalue weighted by atomic mass is 127. The number of methoxy groups -OCH3 is 1. The van der Waals surface area contributed by atoms with Crippen LogP contribution in [0.4, 0.5) is 0 Å². The van der Waals surface area contributed by atoms with Crippen LogP contribution in [0.2, 0.25) is 0 Å². The maximum absolute atomic E-state index is 11.1. The molecule has 0 saturated carbocycles. The maximum atomic E-state index is 11.1. The molecular formula is C17H28IN3O3. The van der Waals surface area contributed by atoms with E-state index in [4.69, 9.17) is 4.74 Å². The third-order valence-corrected chi connectivity index (χ3v) is 3.12. The third kappa shape index (κ3) is 8.37. The van der Waals surface area contributed by atoms with Crippen molar-refractivity contribution in [2.24, 2.45) is 4.99 Å². The van der Waals surface area contributed by atoms with Gasteiger partial charge in [0.1, 0.15) is 5.75 Å². The van der Waals surface area contributed by atoms with Crippen LogP contribution in [0.25, 0.3) is 0 Å². The van der Waals surface area contributed by atoms with E-state index >= 15 is 0 Å². The fourth-order valence-corrected chi connectivity index (χ4v) is 1.97. The van der Waals surface area contributed by atoms with Gasteiger partial charge < -0.3 is 20.1 Å². The molecule has 0 aliphatic rings. The minimum Gasteiger partial charge on any atom is -0.494 e. The Bertz CT molecular complexity index is 536. The van der Waals surface area contributed by atoms with Gasteiger partial charge in [0.2, 0.25) is 0 Å². The van der Waals surface area contributed by atoms with E-state index in [1.54, 1.807) is 0 Å². The summed E-state index contributed by atoms with van der Waals surface area (Å²) in [6.45, 7) is 8.35. The van der Waals surface area contributed by atoms with E-state index < -0.39 is 0 Å². The van der Waals surface area contributed by atoms with Crippen molar-refractivity contribution in [3.05, 3.63) is 29.3 Å². The zero-order valence-corrected chi connectivity index (χ0v) is 17.2. The first-order valence-corrected chi connectivity index (χ1v) is 7.92. The van der Waals surface area contributed by atoms with Crippen molar-refractivity contribution in [2.45, 2.75) is 33.7 Å². The number of hydrogen-bond donors (Lipinski definition) is 2. The van der Waals surface area contributed by atoms with Crippen molar-refractivity contribution in [3.8, 4) is 5.75 Å². The highest BCUT2D eigenvalue weighted by Gasteiger charge is 2.05.